The van der Waals surface area contributed by atoms with Crippen LogP contribution < -0.4 is 4.90 Å². The van der Waals surface area contributed by atoms with Crippen LogP contribution in [0.4, 0.5) is 5.69 Å². The molecular formula is C10H8Cl3NO. The van der Waals surface area contributed by atoms with Crippen molar-refractivity contribution in [1.29, 1.82) is 0 Å². The van der Waals surface area contributed by atoms with E-state index in [-0.39, 0.29) is 0 Å². The lowest BCUT2D eigenvalue weighted by atomic mass is 10.2. The Morgan fingerprint density at radius 3 is 2.60 bits per heavy atom. The van der Waals surface area contributed by atoms with Gasteiger partial charge in [0.05, 0.1) is 0 Å². The van der Waals surface area contributed by atoms with Crippen LogP contribution in [-0.2, 0) is 11.2 Å². The standard InChI is InChI=1S/C10H8Cl3NO/c11-10(12,13)9(15)14-6-5-7-3-1-2-4-8(7)14/h1-4H,5-6H2. The van der Waals surface area contributed by atoms with Crippen molar-refractivity contribution < 1.29 is 4.79 Å². The highest BCUT2D eigenvalue weighted by Gasteiger charge is 2.38. The molecule has 0 bridgehead atoms. The topological polar surface area (TPSA) is 20.3 Å². The number of amides is 1. The van der Waals surface area contributed by atoms with Gasteiger partial charge in [0.15, 0.2) is 0 Å². The van der Waals surface area contributed by atoms with Crippen molar-refractivity contribution >= 4 is 46.4 Å². The minimum atomic E-state index is -1.88. The van der Waals surface area contributed by atoms with Crippen LogP contribution in [0.2, 0.25) is 0 Å². The highest BCUT2D eigenvalue weighted by Crippen LogP contribution is 2.35. The maximum absolute atomic E-state index is 11.8. The lowest BCUT2D eigenvalue weighted by molar-refractivity contribution is -0.117. The highest BCUT2D eigenvalue weighted by atomic mass is 35.6. The maximum atomic E-state index is 11.8. The summed E-state index contributed by atoms with van der Waals surface area (Å²) in [6, 6.07) is 7.63. The molecular weight excluding hydrogens is 256 g/mol. The first-order valence-electron chi connectivity index (χ1n) is 4.47. The van der Waals surface area contributed by atoms with E-state index in [0.717, 1.165) is 17.7 Å². The summed E-state index contributed by atoms with van der Waals surface area (Å²) in [6.07, 6.45) is 0.808. The third-order valence-electron chi connectivity index (χ3n) is 2.37. The third-order valence-corrected chi connectivity index (χ3v) is 2.86. The minimum absolute atomic E-state index is 0.488. The van der Waals surface area contributed by atoms with Crippen LogP contribution in [0.3, 0.4) is 0 Å². The first-order valence-corrected chi connectivity index (χ1v) is 5.60. The number of para-hydroxylation sites is 1. The number of halogens is 3. The smallest absolute Gasteiger partial charge is 0.279 e. The summed E-state index contributed by atoms with van der Waals surface area (Å²) in [5.41, 5.74) is 1.95. The number of benzene rings is 1. The molecule has 0 saturated heterocycles. The van der Waals surface area contributed by atoms with Gasteiger partial charge in [-0.05, 0) is 18.1 Å². The van der Waals surface area contributed by atoms with Crippen molar-refractivity contribution in [3.63, 3.8) is 0 Å². The molecule has 5 heteroatoms. The van der Waals surface area contributed by atoms with Crippen molar-refractivity contribution in [2.75, 3.05) is 11.4 Å². The van der Waals surface area contributed by atoms with E-state index >= 15 is 0 Å². The predicted molar refractivity (Wildman–Crippen MR) is 62.8 cm³/mol. The zero-order valence-corrected chi connectivity index (χ0v) is 9.98. The number of fused-ring (bicyclic) bond motifs is 1. The fraction of sp³-hybridized carbons (Fsp3) is 0.300. The molecule has 2 nitrogen and oxygen atoms in total. The second kappa shape index (κ2) is 3.85. The monoisotopic (exact) mass is 263 g/mol. The van der Waals surface area contributed by atoms with Crippen molar-refractivity contribution in [2.24, 2.45) is 0 Å². The molecule has 1 aliphatic rings. The fourth-order valence-electron chi connectivity index (χ4n) is 1.70. The number of rotatable bonds is 0. The van der Waals surface area contributed by atoms with Crippen molar-refractivity contribution in [3.8, 4) is 0 Å². The molecule has 1 aromatic rings. The number of hydrogen-bond acceptors (Lipinski definition) is 1. The third kappa shape index (κ3) is 2.07. The fourth-order valence-corrected chi connectivity index (χ4v) is 2.01. The molecule has 1 amide bonds. The Kier molecular flexibility index (Phi) is 2.84. The molecule has 1 heterocycles. The van der Waals surface area contributed by atoms with E-state index in [9.17, 15) is 4.79 Å². The maximum Gasteiger partial charge on any atom is 0.279 e. The number of nitrogens with zero attached hydrogens (tertiary/aromatic N) is 1. The van der Waals surface area contributed by atoms with Crippen LogP contribution >= 0.6 is 34.8 Å². The van der Waals surface area contributed by atoms with Crippen LogP contribution in [0, 0.1) is 0 Å². The van der Waals surface area contributed by atoms with E-state index in [1.165, 1.54) is 4.90 Å². The Hall–Kier alpha value is -0.440. The molecule has 2 rings (SSSR count). The number of carbonyl (C=O) groups is 1. The number of hydrogen-bond donors (Lipinski definition) is 0. The van der Waals surface area contributed by atoms with Gasteiger partial charge >= 0.3 is 0 Å². The quantitative estimate of drug-likeness (QED) is 0.660. The number of carbonyl (C=O) groups excluding carboxylic acids is 1. The van der Waals surface area contributed by atoms with E-state index < -0.39 is 9.70 Å². The van der Waals surface area contributed by atoms with Gasteiger partial charge < -0.3 is 4.90 Å². The summed E-state index contributed by atoms with van der Waals surface area (Å²) in [4.78, 5) is 13.3. The lowest BCUT2D eigenvalue weighted by Crippen LogP contribution is -2.38. The van der Waals surface area contributed by atoms with Gasteiger partial charge in [-0.25, -0.2) is 0 Å². The average molecular weight is 265 g/mol. The summed E-state index contributed by atoms with van der Waals surface area (Å²) in [5, 5.41) is 0. The Morgan fingerprint density at radius 2 is 1.93 bits per heavy atom. The Morgan fingerprint density at radius 1 is 1.27 bits per heavy atom. The van der Waals surface area contributed by atoms with Crippen LogP contribution in [0.1, 0.15) is 5.56 Å². The molecule has 0 saturated carbocycles. The molecule has 0 spiro atoms. The zero-order chi connectivity index (χ0) is 11.1. The van der Waals surface area contributed by atoms with Gasteiger partial charge in [-0.2, -0.15) is 0 Å². The zero-order valence-electron chi connectivity index (χ0n) is 7.71. The molecule has 80 valence electrons. The molecule has 15 heavy (non-hydrogen) atoms. The second-order valence-electron chi connectivity index (χ2n) is 3.33. The van der Waals surface area contributed by atoms with Gasteiger partial charge in [-0.3, -0.25) is 4.79 Å². The van der Waals surface area contributed by atoms with E-state index in [2.05, 4.69) is 0 Å². The van der Waals surface area contributed by atoms with E-state index in [0.29, 0.717) is 6.54 Å². The highest BCUT2D eigenvalue weighted by molar-refractivity contribution is 6.77. The first-order chi connectivity index (χ1) is 7.00. The van der Waals surface area contributed by atoms with Gasteiger partial charge in [0, 0.05) is 12.2 Å². The van der Waals surface area contributed by atoms with Gasteiger partial charge in [0.1, 0.15) is 0 Å². The van der Waals surface area contributed by atoms with Gasteiger partial charge in [-0.15, -0.1) is 0 Å². The van der Waals surface area contributed by atoms with Crippen LogP contribution in [0.5, 0.6) is 0 Å². The summed E-state index contributed by atoms with van der Waals surface area (Å²) in [7, 11) is 0. The first kappa shape index (κ1) is 11.1. The molecule has 1 aromatic carbocycles. The normalized spacial score (nSPS) is 15.3. The number of alkyl halides is 3. The van der Waals surface area contributed by atoms with Crippen LogP contribution in [0.25, 0.3) is 0 Å². The Balaban J connectivity index is 2.32. The Labute approximate surface area is 103 Å². The second-order valence-corrected chi connectivity index (χ2v) is 5.61. The van der Waals surface area contributed by atoms with Crippen molar-refractivity contribution in [1.82, 2.24) is 0 Å². The molecule has 0 fully saturated rings. The number of anilines is 1. The summed E-state index contributed by atoms with van der Waals surface area (Å²) < 4.78 is -1.88. The summed E-state index contributed by atoms with van der Waals surface area (Å²) in [5.74, 6) is -0.488. The average Bonchev–Trinajstić information content (AvgIpc) is 2.58. The lowest BCUT2D eigenvalue weighted by Gasteiger charge is -2.21. The van der Waals surface area contributed by atoms with E-state index in [1.807, 2.05) is 24.3 Å². The van der Waals surface area contributed by atoms with Crippen molar-refractivity contribution in [2.45, 2.75) is 10.2 Å². The van der Waals surface area contributed by atoms with Crippen molar-refractivity contribution in [3.05, 3.63) is 29.8 Å². The van der Waals surface area contributed by atoms with Gasteiger partial charge in [-0.1, -0.05) is 53.0 Å². The molecule has 0 aliphatic carbocycles. The summed E-state index contributed by atoms with van der Waals surface area (Å²) >= 11 is 16.7. The predicted octanol–water partition coefficient (Wildman–Crippen LogP) is 2.95. The van der Waals surface area contributed by atoms with Gasteiger partial charge in [0.25, 0.3) is 9.70 Å². The molecule has 0 N–H and O–H groups in total. The van der Waals surface area contributed by atoms with E-state index in [1.54, 1.807) is 0 Å². The van der Waals surface area contributed by atoms with Crippen LogP contribution in [0.15, 0.2) is 24.3 Å². The largest absolute Gasteiger partial charge is 0.308 e. The summed E-state index contributed by atoms with van der Waals surface area (Å²) in [6.45, 7) is 0.575. The molecule has 0 unspecified atom stereocenters. The molecule has 1 aliphatic heterocycles. The minimum Gasteiger partial charge on any atom is -0.308 e. The molecule has 0 radical (unpaired) electrons. The SMILES string of the molecule is O=C(N1CCc2ccccc21)C(Cl)(Cl)Cl. The van der Waals surface area contributed by atoms with Crippen LogP contribution in [-0.4, -0.2) is 16.2 Å². The Bertz CT molecular complexity index is 400. The molecule has 0 aromatic heterocycles. The van der Waals surface area contributed by atoms with Gasteiger partial charge in [0.2, 0.25) is 0 Å². The molecule has 0 atom stereocenters. The van der Waals surface area contributed by atoms with E-state index in [4.69, 9.17) is 34.8 Å².